The van der Waals surface area contributed by atoms with Crippen molar-refractivity contribution in [2.24, 2.45) is 0 Å². The Morgan fingerprint density at radius 2 is 1.62 bits per heavy atom. The molecule has 0 heterocycles. The molecule has 5 nitrogen and oxygen atoms in total. The highest BCUT2D eigenvalue weighted by atomic mass is 79.9. The summed E-state index contributed by atoms with van der Waals surface area (Å²) in [6, 6.07) is 16.6. The van der Waals surface area contributed by atoms with Gasteiger partial charge in [0.25, 0.3) is 10.0 Å². The summed E-state index contributed by atoms with van der Waals surface area (Å²) < 4.78 is 67.2. The molecule has 0 aromatic heterocycles. The summed E-state index contributed by atoms with van der Waals surface area (Å²) in [7, 11) is -4.14. The second-order valence-electron chi connectivity index (χ2n) is 6.54. The van der Waals surface area contributed by atoms with Gasteiger partial charge in [0.2, 0.25) is 5.91 Å². The van der Waals surface area contributed by atoms with Crippen molar-refractivity contribution in [2.45, 2.75) is 11.1 Å². The molecule has 3 aromatic carbocycles. The van der Waals surface area contributed by atoms with Crippen molar-refractivity contribution in [3.05, 3.63) is 87.9 Å². The first-order chi connectivity index (χ1) is 15.0. The summed E-state index contributed by atoms with van der Waals surface area (Å²) >= 11 is 8.86. The number of carbonyl (C=O) groups excluding carboxylic acids is 1. The lowest BCUT2D eigenvalue weighted by Crippen LogP contribution is -2.38. The number of sulfonamides is 1. The molecule has 0 saturated carbocycles. The first-order valence-electron chi connectivity index (χ1n) is 8.98. The van der Waals surface area contributed by atoms with Crippen LogP contribution < -0.4 is 9.62 Å². The summed E-state index contributed by atoms with van der Waals surface area (Å²) in [5, 5.41) is 1.79. The maximum Gasteiger partial charge on any atom is 0.417 e. The van der Waals surface area contributed by atoms with Crippen LogP contribution in [0.5, 0.6) is 0 Å². The lowest BCUT2D eigenvalue weighted by molar-refractivity contribution is -0.137. The predicted octanol–water partition coefficient (Wildman–Crippen LogP) is 5.96. The van der Waals surface area contributed by atoms with Gasteiger partial charge < -0.3 is 5.32 Å². The number of halogens is 5. The molecule has 168 valence electrons. The number of alkyl halides is 3. The maximum atomic E-state index is 13.2. The minimum absolute atomic E-state index is 0.0402. The average molecular weight is 548 g/mol. The zero-order valence-corrected chi connectivity index (χ0v) is 19.3. The number of anilines is 2. The molecule has 0 unspecified atom stereocenters. The monoisotopic (exact) mass is 546 g/mol. The molecule has 0 aliphatic heterocycles. The van der Waals surface area contributed by atoms with Gasteiger partial charge in [0.1, 0.15) is 6.54 Å². The molecular weight excluding hydrogens is 533 g/mol. The van der Waals surface area contributed by atoms with E-state index in [2.05, 4.69) is 21.2 Å². The predicted molar refractivity (Wildman–Crippen MR) is 120 cm³/mol. The molecule has 0 aliphatic carbocycles. The first-order valence-corrected chi connectivity index (χ1v) is 11.6. The number of benzene rings is 3. The molecule has 0 bridgehead atoms. The van der Waals surface area contributed by atoms with Gasteiger partial charge in [-0.15, -0.1) is 0 Å². The number of nitrogens with zero attached hydrogens (tertiary/aromatic N) is 1. The van der Waals surface area contributed by atoms with E-state index in [1.165, 1.54) is 30.3 Å². The zero-order chi connectivity index (χ0) is 23.5. The van der Waals surface area contributed by atoms with Gasteiger partial charge in [-0.2, -0.15) is 13.2 Å². The normalized spacial score (nSPS) is 11.8. The van der Waals surface area contributed by atoms with Crippen molar-refractivity contribution < 1.29 is 26.4 Å². The first kappa shape index (κ1) is 24.1. The third-order valence-electron chi connectivity index (χ3n) is 4.29. The van der Waals surface area contributed by atoms with E-state index >= 15 is 0 Å². The molecule has 0 radical (unpaired) electrons. The molecule has 3 rings (SSSR count). The zero-order valence-electron chi connectivity index (χ0n) is 16.1. The fourth-order valence-corrected chi connectivity index (χ4v) is 4.72. The fraction of sp³-hybridized carbons (Fsp3) is 0.0952. The van der Waals surface area contributed by atoms with E-state index < -0.39 is 39.2 Å². The highest BCUT2D eigenvalue weighted by Gasteiger charge is 2.33. The Bertz CT molecular complexity index is 1220. The second kappa shape index (κ2) is 9.51. The lowest BCUT2D eigenvalue weighted by atomic mass is 10.2. The molecule has 1 N–H and O–H groups in total. The van der Waals surface area contributed by atoms with Crippen LogP contribution in [0, 0.1) is 0 Å². The van der Waals surface area contributed by atoms with E-state index in [9.17, 15) is 26.4 Å². The summed E-state index contributed by atoms with van der Waals surface area (Å²) in [5.41, 5.74) is -1.07. The Labute approximate surface area is 196 Å². The van der Waals surface area contributed by atoms with Gasteiger partial charge in [-0.05, 0) is 54.6 Å². The fourth-order valence-electron chi connectivity index (χ4n) is 2.79. The number of rotatable bonds is 6. The van der Waals surface area contributed by atoms with Crippen LogP contribution in [0.15, 0.2) is 82.2 Å². The lowest BCUT2D eigenvalue weighted by Gasteiger charge is -2.24. The van der Waals surface area contributed by atoms with Crippen molar-refractivity contribution in [3.63, 3.8) is 0 Å². The summed E-state index contributed by atoms with van der Waals surface area (Å²) in [6.45, 7) is -0.664. The van der Waals surface area contributed by atoms with Gasteiger partial charge in [0.15, 0.2) is 0 Å². The Balaban J connectivity index is 1.92. The molecule has 0 spiro atoms. The van der Waals surface area contributed by atoms with Gasteiger partial charge in [-0.1, -0.05) is 45.7 Å². The van der Waals surface area contributed by atoms with Crippen LogP contribution in [0.3, 0.4) is 0 Å². The van der Waals surface area contributed by atoms with Crippen molar-refractivity contribution >= 4 is 54.8 Å². The van der Waals surface area contributed by atoms with Crippen LogP contribution in [0.1, 0.15) is 5.56 Å². The van der Waals surface area contributed by atoms with Crippen molar-refractivity contribution in [1.29, 1.82) is 0 Å². The third kappa shape index (κ3) is 5.62. The van der Waals surface area contributed by atoms with Crippen molar-refractivity contribution in [3.8, 4) is 0 Å². The molecule has 0 atom stereocenters. The van der Waals surface area contributed by atoms with Gasteiger partial charge in [-0.3, -0.25) is 9.10 Å². The van der Waals surface area contributed by atoms with E-state index in [-0.39, 0.29) is 16.3 Å². The summed E-state index contributed by atoms with van der Waals surface area (Å²) in [6.07, 6.45) is -4.71. The molecule has 32 heavy (non-hydrogen) atoms. The third-order valence-corrected chi connectivity index (χ3v) is 6.93. The molecule has 1 amide bonds. The van der Waals surface area contributed by atoms with Crippen molar-refractivity contribution in [1.82, 2.24) is 0 Å². The molecule has 3 aromatic rings. The van der Waals surface area contributed by atoms with Crippen LogP contribution >= 0.6 is 27.5 Å². The Morgan fingerprint density at radius 3 is 2.22 bits per heavy atom. The number of nitrogens with one attached hydrogen (secondary N) is 1. The van der Waals surface area contributed by atoms with E-state index in [1.54, 1.807) is 30.3 Å². The Hall–Kier alpha value is -2.56. The highest BCUT2D eigenvalue weighted by Crippen LogP contribution is 2.36. The topological polar surface area (TPSA) is 66.5 Å². The van der Waals surface area contributed by atoms with Gasteiger partial charge in [0, 0.05) is 10.2 Å². The van der Waals surface area contributed by atoms with Gasteiger partial charge in [0.05, 0.1) is 21.2 Å². The molecule has 0 aliphatic rings. The molecule has 0 fully saturated rings. The average Bonchev–Trinajstić information content (AvgIpc) is 2.74. The van der Waals surface area contributed by atoms with Gasteiger partial charge >= 0.3 is 6.18 Å². The van der Waals surface area contributed by atoms with E-state index in [0.717, 1.165) is 10.4 Å². The van der Waals surface area contributed by atoms with E-state index in [4.69, 9.17) is 11.6 Å². The van der Waals surface area contributed by atoms with Gasteiger partial charge in [-0.25, -0.2) is 8.42 Å². The van der Waals surface area contributed by atoms with Crippen LogP contribution in [-0.2, 0) is 21.0 Å². The highest BCUT2D eigenvalue weighted by molar-refractivity contribution is 9.10. The van der Waals surface area contributed by atoms with E-state index in [0.29, 0.717) is 10.5 Å². The second-order valence-corrected chi connectivity index (χ2v) is 9.73. The number of amides is 1. The van der Waals surface area contributed by atoms with Crippen LogP contribution in [-0.4, -0.2) is 20.9 Å². The summed E-state index contributed by atoms with van der Waals surface area (Å²) in [4.78, 5) is 12.6. The molecular formula is C21H15BrClF3N2O3S. The minimum Gasteiger partial charge on any atom is -0.324 e. The van der Waals surface area contributed by atoms with Crippen LogP contribution in [0.2, 0.25) is 5.02 Å². The maximum absolute atomic E-state index is 13.2. The van der Waals surface area contributed by atoms with E-state index in [1.807, 2.05) is 0 Å². The van der Waals surface area contributed by atoms with Crippen LogP contribution in [0.25, 0.3) is 0 Å². The largest absolute Gasteiger partial charge is 0.417 e. The van der Waals surface area contributed by atoms with Crippen LogP contribution in [0.4, 0.5) is 24.5 Å². The number of hydrogen-bond acceptors (Lipinski definition) is 3. The number of hydrogen-bond donors (Lipinski definition) is 1. The summed E-state index contributed by atoms with van der Waals surface area (Å²) in [5.74, 6) is -0.831. The standard InChI is InChI=1S/C21H15BrClF3N2O3S/c22-14-6-9-16(10-7-14)28(32(30,31)17-4-2-1-3-5-17)13-20(29)27-15-8-11-19(23)18(12-15)21(24,25)26/h1-12H,13H2,(H,27,29). The molecule has 11 heteroatoms. The quantitative estimate of drug-likeness (QED) is 0.414. The SMILES string of the molecule is O=C(CN(c1ccc(Br)cc1)S(=O)(=O)c1ccccc1)Nc1ccc(Cl)c(C(F)(F)F)c1. The Kier molecular flexibility index (Phi) is 7.16. The number of carbonyl (C=O) groups is 1. The van der Waals surface area contributed by atoms with Crippen molar-refractivity contribution in [2.75, 3.05) is 16.2 Å². The molecule has 0 saturated heterocycles. The Morgan fingerprint density at radius 1 is 1.00 bits per heavy atom. The minimum atomic E-state index is -4.71. The smallest absolute Gasteiger partial charge is 0.324 e.